The molecule has 0 spiro atoms. The molecule has 0 saturated heterocycles. The van der Waals surface area contributed by atoms with Gasteiger partial charge in [0.1, 0.15) is 11.6 Å². The molecule has 2 aromatic heterocycles. The first-order chi connectivity index (χ1) is 9.11. The Morgan fingerprint density at radius 3 is 2.63 bits per heavy atom. The van der Waals surface area contributed by atoms with E-state index in [1.165, 1.54) is 0 Å². The van der Waals surface area contributed by atoms with Gasteiger partial charge in [-0.05, 0) is 24.6 Å². The van der Waals surface area contributed by atoms with E-state index in [0.717, 1.165) is 11.3 Å². The summed E-state index contributed by atoms with van der Waals surface area (Å²) in [6.07, 6.45) is 1.76. The zero-order chi connectivity index (χ0) is 13.8. The molecule has 0 amide bonds. The lowest BCUT2D eigenvalue weighted by molar-refractivity contribution is 1.01. The molecule has 6 heteroatoms. The highest BCUT2D eigenvalue weighted by Crippen LogP contribution is 2.29. The first kappa shape index (κ1) is 13.9. The third kappa shape index (κ3) is 3.28. The average Bonchev–Trinajstić information content (AvgIpc) is 2.39. The lowest BCUT2D eigenvalue weighted by Gasteiger charge is -2.11. The van der Waals surface area contributed by atoms with Crippen LogP contribution in [0.1, 0.15) is 11.3 Å². The summed E-state index contributed by atoms with van der Waals surface area (Å²) >= 11 is 12.1. The second-order valence-electron chi connectivity index (χ2n) is 4.02. The van der Waals surface area contributed by atoms with Crippen LogP contribution < -0.4 is 10.6 Å². The molecule has 0 aliphatic carbocycles. The van der Waals surface area contributed by atoms with Gasteiger partial charge < -0.3 is 10.6 Å². The summed E-state index contributed by atoms with van der Waals surface area (Å²) < 4.78 is 0. The van der Waals surface area contributed by atoms with E-state index in [0.29, 0.717) is 28.2 Å². The standard InChI is InChI=1S/C13H14Cl2N4/c1-8-4-3-5-17-11(8)7-18-13-10(15)6-9(14)12(16-2)19-13/h3-6H,7H2,1-2H3,(H2,16,18,19). The van der Waals surface area contributed by atoms with Crippen molar-refractivity contribution in [1.29, 1.82) is 0 Å². The highest BCUT2D eigenvalue weighted by atomic mass is 35.5. The second-order valence-corrected chi connectivity index (χ2v) is 4.83. The van der Waals surface area contributed by atoms with Crippen molar-refractivity contribution in [2.75, 3.05) is 17.7 Å². The van der Waals surface area contributed by atoms with Gasteiger partial charge in [-0.25, -0.2) is 4.98 Å². The summed E-state index contributed by atoms with van der Waals surface area (Å²) in [5.74, 6) is 1.17. The number of aryl methyl sites for hydroxylation is 1. The van der Waals surface area contributed by atoms with Gasteiger partial charge in [-0.15, -0.1) is 0 Å². The monoisotopic (exact) mass is 296 g/mol. The fourth-order valence-electron chi connectivity index (χ4n) is 1.64. The largest absolute Gasteiger partial charge is 0.372 e. The molecule has 0 aromatic carbocycles. The third-order valence-electron chi connectivity index (χ3n) is 2.71. The molecule has 2 N–H and O–H groups in total. The minimum Gasteiger partial charge on any atom is -0.372 e. The Labute approximate surface area is 122 Å². The smallest absolute Gasteiger partial charge is 0.147 e. The second kappa shape index (κ2) is 6.08. The zero-order valence-electron chi connectivity index (χ0n) is 10.7. The number of aromatic nitrogens is 2. The van der Waals surface area contributed by atoms with E-state index < -0.39 is 0 Å². The fourth-order valence-corrected chi connectivity index (χ4v) is 2.16. The van der Waals surface area contributed by atoms with Crippen molar-refractivity contribution < 1.29 is 0 Å². The molecule has 0 aliphatic heterocycles. The molecule has 100 valence electrons. The van der Waals surface area contributed by atoms with Gasteiger partial charge >= 0.3 is 0 Å². The van der Waals surface area contributed by atoms with Crippen molar-refractivity contribution in [3.63, 3.8) is 0 Å². The number of rotatable bonds is 4. The molecule has 0 saturated carbocycles. The minimum absolute atomic E-state index is 0.484. The molecular formula is C13H14Cl2N4. The van der Waals surface area contributed by atoms with Crippen LogP contribution in [0.15, 0.2) is 24.4 Å². The quantitative estimate of drug-likeness (QED) is 0.902. The maximum absolute atomic E-state index is 6.11. The van der Waals surface area contributed by atoms with Crippen LogP contribution in [-0.2, 0) is 6.54 Å². The summed E-state index contributed by atoms with van der Waals surface area (Å²) in [7, 11) is 1.76. The van der Waals surface area contributed by atoms with E-state index in [4.69, 9.17) is 23.2 Å². The first-order valence-corrected chi connectivity index (χ1v) is 6.55. The van der Waals surface area contributed by atoms with E-state index in [-0.39, 0.29) is 0 Å². The van der Waals surface area contributed by atoms with Crippen LogP contribution in [0.3, 0.4) is 0 Å². The third-order valence-corrected chi connectivity index (χ3v) is 3.28. The van der Waals surface area contributed by atoms with Gasteiger partial charge in [0.05, 0.1) is 22.3 Å². The number of halogens is 2. The highest BCUT2D eigenvalue weighted by Gasteiger charge is 2.08. The van der Waals surface area contributed by atoms with Crippen LogP contribution in [0.2, 0.25) is 10.0 Å². The molecule has 0 fully saturated rings. The highest BCUT2D eigenvalue weighted by molar-refractivity contribution is 6.37. The van der Waals surface area contributed by atoms with Crippen molar-refractivity contribution in [2.24, 2.45) is 0 Å². The molecule has 2 rings (SSSR count). The topological polar surface area (TPSA) is 49.8 Å². The Kier molecular flexibility index (Phi) is 4.45. The molecule has 0 unspecified atom stereocenters. The van der Waals surface area contributed by atoms with Crippen molar-refractivity contribution in [3.8, 4) is 0 Å². The molecule has 0 aliphatic rings. The zero-order valence-corrected chi connectivity index (χ0v) is 12.2. The summed E-state index contributed by atoms with van der Waals surface area (Å²) in [6.45, 7) is 2.57. The van der Waals surface area contributed by atoms with Crippen LogP contribution in [0.5, 0.6) is 0 Å². The molecule has 0 radical (unpaired) electrons. The number of hydrogen-bond acceptors (Lipinski definition) is 4. The predicted octanol–water partition coefficient (Wildman–Crippen LogP) is 3.75. The normalized spacial score (nSPS) is 10.3. The molecule has 4 nitrogen and oxygen atoms in total. The summed E-state index contributed by atoms with van der Waals surface area (Å²) in [4.78, 5) is 8.63. The van der Waals surface area contributed by atoms with E-state index in [1.54, 1.807) is 19.3 Å². The summed E-state index contributed by atoms with van der Waals surface area (Å²) in [6, 6.07) is 5.58. The Morgan fingerprint density at radius 1 is 1.21 bits per heavy atom. The van der Waals surface area contributed by atoms with Gasteiger partial charge in [-0.2, -0.15) is 0 Å². The average molecular weight is 297 g/mol. The lowest BCUT2D eigenvalue weighted by Crippen LogP contribution is -2.06. The fraction of sp³-hybridized carbons (Fsp3) is 0.231. The number of hydrogen-bond donors (Lipinski definition) is 2. The van der Waals surface area contributed by atoms with Crippen LogP contribution >= 0.6 is 23.2 Å². The van der Waals surface area contributed by atoms with Gasteiger partial charge in [-0.3, -0.25) is 4.98 Å². The number of anilines is 2. The van der Waals surface area contributed by atoms with E-state index >= 15 is 0 Å². The number of nitrogens with zero attached hydrogens (tertiary/aromatic N) is 2. The molecule has 19 heavy (non-hydrogen) atoms. The van der Waals surface area contributed by atoms with E-state index in [2.05, 4.69) is 20.6 Å². The number of nitrogens with one attached hydrogen (secondary N) is 2. The Hall–Kier alpha value is -1.52. The Balaban J connectivity index is 2.18. The van der Waals surface area contributed by atoms with Gasteiger partial charge in [0.2, 0.25) is 0 Å². The van der Waals surface area contributed by atoms with Gasteiger partial charge in [-0.1, -0.05) is 29.3 Å². The lowest BCUT2D eigenvalue weighted by atomic mass is 10.2. The Bertz CT molecular complexity index is 587. The van der Waals surface area contributed by atoms with Gasteiger partial charge in [0.25, 0.3) is 0 Å². The molecule has 0 atom stereocenters. The maximum Gasteiger partial charge on any atom is 0.147 e. The van der Waals surface area contributed by atoms with E-state index in [1.807, 2.05) is 19.1 Å². The van der Waals surface area contributed by atoms with Crippen molar-refractivity contribution in [2.45, 2.75) is 13.5 Å². The van der Waals surface area contributed by atoms with Crippen LogP contribution in [-0.4, -0.2) is 17.0 Å². The predicted molar refractivity (Wildman–Crippen MR) is 80.1 cm³/mol. The van der Waals surface area contributed by atoms with Crippen molar-refractivity contribution in [1.82, 2.24) is 9.97 Å². The summed E-state index contributed by atoms with van der Waals surface area (Å²) in [5.41, 5.74) is 2.08. The summed E-state index contributed by atoms with van der Waals surface area (Å²) in [5, 5.41) is 7.06. The molecule has 2 aromatic rings. The first-order valence-electron chi connectivity index (χ1n) is 5.80. The van der Waals surface area contributed by atoms with Crippen molar-refractivity contribution >= 4 is 34.8 Å². The molecule has 2 heterocycles. The maximum atomic E-state index is 6.11. The SMILES string of the molecule is CNc1nc(NCc2ncccc2C)c(Cl)cc1Cl. The van der Waals surface area contributed by atoms with E-state index in [9.17, 15) is 0 Å². The van der Waals surface area contributed by atoms with Gasteiger partial charge in [0, 0.05) is 13.2 Å². The van der Waals surface area contributed by atoms with Crippen molar-refractivity contribution in [3.05, 3.63) is 45.7 Å². The van der Waals surface area contributed by atoms with Crippen LogP contribution in [0.4, 0.5) is 11.6 Å². The molecule has 0 bridgehead atoms. The molecular weight excluding hydrogens is 283 g/mol. The Morgan fingerprint density at radius 2 is 1.95 bits per heavy atom. The van der Waals surface area contributed by atoms with Crippen LogP contribution in [0, 0.1) is 6.92 Å². The van der Waals surface area contributed by atoms with Gasteiger partial charge in [0.15, 0.2) is 0 Å². The minimum atomic E-state index is 0.484. The number of pyridine rings is 2. The van der Waals surface area contributed by atoms with Crippen LogP contribution in [0.25, 0.3) is 0 Å².